The number of amidine groups is 1. The zero-order chi connectivity index (χ0) is 12.2. The van der Waals surface area contributed by atoms with Crippen LogP contribution in [0.4, 0.5) is 0 Å². The topological polar surface area (TPSA) is 37.3 Å². The summed E-state index contributed by atoms with van der Waals surface area (Å²) in [4.78, 5) is 8.60. The molecule has 0 fully saturated rings. The molecule has 2 aromatic heterocycles. The molecule has 0 bridgehead atoms. The smallest absolute Gasteiger partial charge is 0.0974 e. The number of pyridine rings is 1. The lowest BCUT2D eigenvalue weighted by Crippen LogP contribution is -2.21. The number of hydrogen-bond acceptors (Lipinski definition) is 4. The number of aromatic nitrogens is 1. The molecule has 1 atom stereocenters. The van der Waals surface area contributed by atoms with Gasteiger partial charge in [-0.15, -0.1) is 0 Å². The van der Waals surface area contributed by atoms with Crippen LogP contribution in [0.3, 0.4) is 0 Å². The van der Waals surface area contributed by atoms with Crippen LogP contribution in [0, 0.1) is 0 Å². The molecule has 0 radical (unpaired) electrons. The highest BCUT2D eigenvalue weighted by Gasteiger charge is 2.18. The van der Waals surface area contributed by atoms with Crippen LogP contribution in [0.1, 0.15) is 23.5 Å². The first-order valence-electron chi connectivity index (χ1n) is 6.13. The fourth-order valence-corrected chi connectivity index (χ4v) is 2.99. The molecule has 0 aromatic carbocycles. The Hall–Kier alpha value is -1.68. The highest BCUT2D eigenvalue weighted by Crippen LogP contribution is 2.29. The van der Waals surface area contributed by atoms with Gasteiger partial charge in [0.1, 0.15) is 0 Å². The molecule has 0 spiro atoms. The van der Waals surface area contributed by atoms with Crippen molar-refractivity contribution in [3.05, 3.63) is 52.5 Å². The van der Waals surface area contributed by atoms with E-state index in [0.717, 1.165) is 25.3 Å². The number of rotatable bonds is 4. The zero-order valence-electron chi connectivity index (χ0n) is 10.0. The summed E-state index contributed by atoms with van der Waals surface area (Å²) in [5.74, 6) is 1.51. The minimum absolute atomic E-state index is 0.378. The van der Waals surface area contributed by atoms with Gasteiger partial charge in [0, 0.05) is 31.3 Å². The van der Waals surface area contributed by atoms with Gasteiger partial charge in [-0.2, -0.15) is 11.3 Å². The van der Waals surface area contributed by atoms with E-state index >= 15 is 0 Å². The van der Waals surface area contributed by atoms with Crippen molar-refractivity contribution in [1.29, 1.82) is 0 Å². The van der Waals surface area contributed by atoms with Crippen LogP contribution in [0.2, 0.25) is 0 Å². The van der Waals surface area contributed by atoms with E-state index in [9.17, 15) is 0 Å². The molecule has 0 saturated heterocycles. The third-order valence-electron chi connectivity index (χ3n) is 3.20. The molecule has 1 N–H and O–H groups in total. The summed E-state index contributed by atoms with van der Waals surface area (Å²) in [5.41, 5.74) is 2.67. The molecule has 0 saturated carbocycles. The van der Waals surface area contributed by atoms with Crippen molar-refractivity contribution in [3.63, 3.8) is 0 Å². The van der Waals surface area contributed by atoms with Gasteiger partial charge >= 0.3 is 0 Å². The minimum atomic E-state index is 0.378. The van der Waals surface area contributed by atoms with Crippen molar-refractivity contribution in [2.75, 3.05) is 13.1 Å². The van der Waals surface area contributed by atoms with Crippen LogP contribution < -0.4 is 5.32 Å². The number of aliphatic imine (C=N–C) groups is 1. The molecule has 4 heteroatoms. The van der Waals surface area contributed by atoms with E-state index in [1.165, 1.54) is 11.1 Å². The lowest BCUT2D eigenvalue weighted by atomic mass is 9.90. The van der Waals surface area contributed by atoms with Gasteiger partial charge in [-0.1, -0.05) is 0 Å². The molecule has 1 aliphatic rings. The Morgan fingerprint density at radius 2 is 2.11 bits per heavy atom. The van der Waals surface area contributed by atoms with Crippen molar-refractivity contribution < 1.29 is 0 Å². The first-order chi connectivity index (χ1) is 8.93. The zero-order valence-corrected chi connectivity index (χ0v) is 10.9. The average molecular weight is 257 g/mol. The van der Waals surface area contributed by atoms with E-state index in [-0.39, 0.29) is 0 Å². The predicted molar refractivity (Wildman–Crippen MR) is 75.3 cm³/mol. The Morgan fingerprint density at radius 1 is 1.22 bits per heavy atom. The van der Waals surface area contributed by atoms with Crippen molar-refractivity contribution in [2.24, 2.45) is 4.99 Å². The summed E-state index contributed by atoms with van der Waals surface area (Å²) < 4.78 is 0. The number of nitrogens with one attached hydrogen (secondary N) is 1. The summed E-state index contributed by atoms with van der Waals surface area (Å²) in [6.45, 7) is 1.88. The highest BCUT2D eigenvalue weighted by molar-refractivity contribution is 7.08. The fourth-order valence-electron chi connectivity index (χ4n) is 2.27. The maximum atomic E-state index is 4.50. The van der Waals surface area contributed by atoms with Crippen LogP contribution in [0.5, 0.6) is 0 Å². The Labute approximate surface area is 111 Å². The van der Waals surface area contributed by atoms with Gasteiger partial charge in [0.05, 0.1) is 12.4 Å². The minimum Gasteiger partial charge on any atom is -0.372 e. The van der Waals surface area contributed by atoms with Crippen molar-refractivity contribution >= 4 is 17.2 Å². The Bertz CT molecular complexity index is 519. The quantitative estimate of drug-likeness (QED) is 0.914. The maximum absolute atomic E-state index is 4.50. The average Bonchev–Trinajstić information content (AvgIpc) is 3.10. The summed E-state index contributed by atoms with van der Waals surface area (Å²) in [5, 5.41) is 7.71. The molecule has 1 aliphatic heterocycles. The van der Waals surface area contributed by atoms with E-state index in [0.29, 0.717) is 5.92 Å². The molecule has 92 valence electrons. The van der Waals surface area contributed by atoms with Crippen molar-refractivity contribution in [2.45, 2.75) is 12.3 Å². The van der Waals surface area contributed by atoms with Crippen LogP contribution >= 0.6 is 11.3 Å². The SMILES string of the molecule is c1cc(C(CC2=NCCN2)c2ccsc2)ccn1. The molecule has 2 aromatic rings. The van der Waals surface area contributed by atoms with Crippen LogP contribution in [0.25, 0.3) is 0 Å². The molecule has 3 rings (SSSR count). The number of nitrogens with zero attached hydrogens (tertiary/aromatic N) is 2. The van der Waals surface area contributed by atoms with Gasteiger partial charge in [0.15, 0.2) is 0 Å². The lowest BCUT2D eigenvalue weighted by Gasteiger charge is -2.16. The van der Waals surface area contributed by atoms with Gasteiger partial charge in [-0.3, -0.25) is 9.98 Å². The van der Waals surface area contributed by atoms with E-state index < -0.39 is 0 Å². The van der Waals surface area contributed by atoms with Crippen molar-refractivity contribution in [3.8, 4) is 0 Å². The molecule has 3 heterocycles. The van der Waals surface area contributed by atoms with E-state index in [1.54, 1.807) is 11.3 Å². The fraction of sp³-hybridized carbons (Fsp3) is 0.286. The normalized spacial score (nSPS) is 16.1. The Balaban J connectivity index is 1.89. The van der Waals surface area contributed by atoms with Crippen LogP contribution in [-0.2, 0) is 0 Å². The van der Waals surface area contributed by atoms with Gasteiger partial charge in [0.25, 0.3) is 0 Å². The van der Waals surface area contributed by atoms with Crippen LogP contribution in [-0.4, -0.2) is 23.9 Å². The van der Waals surface area contributed by atoms with Crippen LogP contribution in [0.15, 0.2) is 46.3 Å². The van der Waals surface area contributed by atoms with E-state index in [2.05, 4.69) is 44.3 Å². The number of hydrogen-bond donors (Lipinski definition) is 1. The van der Waals surface area contributed by atoms with Gasteiger partial charge in [-0.25, -0.2) is 0 Å². The molecule has 0 amide bonds. The number of thiophene rings is 1. The van der Waals surface area contributed by atoms with Gasteiger partial charge < -0.3 is 5.32 Å². The predicted octanol–water partition coefficient (Wildman–Crippen LogP) is 2.67. The molecule has 18 heavy (non-hydrogen) atoms. The molecular weight excluding hydrogens is 242 g/mol. The largest absolute Gasteiger partial charge is 0.372 e. The summed E-state index contributed by atoms with van der Waals surface area (Å²) in [6.07, 6.45) is 4.66. The highest BCUT2D eigenvalue weighted by atomic mass is 32.1. The Kier molecular flexibility index (Phi) is 3.37. The lowest BCUT2D eigenvalue weighted by molar-refractivity contribution is 0.835. The third-order valence-corrected chi connectivity index (χ3v) is 3.90. The third kappa shape index (κ3) is 2.43. The van der Waals surface area contributed by atoms with Crippen molar-refractivity contribution in [1.82, 2.24) is 10.3 Å². The standard InChI is InChI=1S/C14H15N3S/c1-4-15-5-2-11(1)13(12-3-8-18-10-12)9-14-16-6-7-17-14/h1-5,8,10,13H,6-7,9H2,(H,16,17). The monoisotopic (exact) mass is 257 g/mol. The second-order valence-electron chi connectivity index (χ2n) is 4.35. The van der Waals surface area contributed by atoms with E-state index in [4.69, 9.17) is 0 Å². The second-order valence-corrected chi connectivity index (χ2v) is 5.13. The first-order valence-corrected chi connectivity index (χ1v) is 7.07. The van der Waals surface area contributed by atoms with E-state index in [1.807, 2.05) is 12.4 Å². The summed E-state index contributed by atoms with van der Waals surface area (Å²) in [7, 11) is 0. The second kappa shape index (κ2) is 5.31. The molecule has 3 nitrogen and oxygen atoms in total. The molecular formula is C14H15N3S. The van der Waals surface area contributed by atoms with Gasteiger partial charge in [0.2, 0.25) is 0 Å². The summed E-state index contributed by atoms with van der Waals surface area (Å²) >= 11 is 1.74. The Morgan fingerprint density at radius 3 is 2.78 bits per heavy atom. The van der Waals surface area contributed by atoms with Gasteiger partial charge in [-0.05, 0) is 40.1 Å². The first kappa shape index (κ1) is 11.4. The maximum Gasteiger partial charge on any atom is 0.0974 e. The molecule has 1 unspecified atom stereocenters. The molecule has 0 aliphatic carbocycles. The summed E-state index contributed by atoms with van der Waals surface area (Å²) in [6, 6.07) is 6.39.